The Morgan fingerprint density at radius 2 is 1.33 bits per heavy atom. The van der Waals surface area contributed by atoms with Crippen molar-refractivity contribution in [2.75, 3.05) is 6.61 Å². The molecular formula is C24H22O2S. The summed E-state index contributed by atoms with van der Waals surface area (Å²) < 4.78 is 4.99. The molecule has 0 aliphatic rings. The number of thioether (sulfide) groups is 1. The molecule has 0 spiro atoms. The molecule has 0 aromatic heterocycles. The number of carbonyl (C=O) groups is 1. The van der Waals surface area contributed by atoms with Gasteiger partial charge in [-0.3, -0.25) is 0 Å². The first-order valence-corrected chi connectivity index (χ1v) is 9.70. The van der Waals surface area contributed by atoms with Crippen molar-refractivity contribution in [1.82, 2.24) is 0 Å². The fraction of sp³-hybridized carbons (Fsp3) is 0.125. The SMILES string of the molecule is C=CC(=O)OCCC(Sc1ccccc1)(c1ccccc1)c1ccccc1. The zero-order chi connectivity index (χ0) is 19.0. The number of hydrogen-bond donors (Lipinski definition) is 0. The molecule has 3 aromatic carbocycles. The highest BCUT2D eigenvalue weighted by Gasteiger charge is 2.35. The van der Waals surface area contributed by atoms with Crippen molar-refractivity contribution in [3.8, 4) is 0 Å². The minimum atomic E-state index is -0.394. The molecular weight excluding hydrogens is 352 g/mol. The molecule has 0 aliphatic heterocycles. The molecule has 0 heterocycles. The maximum Gasteiger partial charge on any atom is 0.330 e. The summed E-state index contributed by atoms with van der Waals surface area (Å²) in [5.41, 5.74) is 2.36. The Hall–Kier alpha value is -2.78. The molecule has 0 bridgehead atoms. The van der Waals surface area contributed by atoms with Crippen molar-refractivity contribution in [1.29, 1.82) is 0 Å². The highest BCUT2D eigenvalue weighted by atomic mass is 32.2. The van der Waals surface area contributed by atoms with Gasteiger partial charge >= 0.3 is 5.97 Å². The third-order valence-corrected chi connectivity index (χ3v) is 5.91. The molecule has 3 rings (SSSR count). The van der Waals surface area contributed by atoms with Crippen LogP contribution in [0.15, 0.2) is 109 Å². The van der Waals surface area contributed by atoms with Gasteiger partial charge in [-0.2, -0.15) is 0 Å². The zero-order valence-corrected chi connectivity index (χ0v) is 15.9. The molecule has 136 valence electrons. The Balaban J connectivity index is 2.05. The van der Waals surface area contributed by atoms with E-state index in [1.165, 1.54) is 22.1 Å². The second-order valence-electron chi connectivity index (χ2n) is 6.10. The lowest BCUT2D eigenvalue weighted by molar-refractivity contribution is -0.137. The third-order valence-electron chi connectivity index (χ3n) is 4.38. The van der Waals surface area contributed by atoms with Crippen LogP contribution < -0.4 is 0 Å². The summed E-state index contributed by atoms with van der Waals surface area (Å²) >= 11 is 1.78. The molecule has 2 nitrogen and oxygen atoms in total. The van der Waals surface area contributed by atoms with E-state index in [1.807, 2.05) is 54.6 Å². The van der Waals surface area contributed by atoms with E-state index in [0.717, 1.165) is 0 Å². The van der Waals surface area contributed by atoms with Crippen LogP contribution in [0.3, 0.4) is 0 Å². The van der Waals surface area contributed by atoms with Gasteiger partial charge in [0, 0.05) is 17.4 Å². The molecule has 0 N–H and O–H groups in total. The first-order chi connectivity index (χ1) is 13.2. The Morgan fingerprint density at radius 3 is 1.81 bits per heavy atom. The average Bonchev–Trinajstić information content (AvgIpc) is 2.75. The Kier molecular flexibility index (Phi) is 6.50. The molecule has 27 heavy (non-hydrogen) atoms. The highest BCUT2D eigenvalue weighted by Crippen LogP contribution is 2.49. The van der Waals surface area contributed by atoms with Crippen molar-refractivity contribution in [3.05, 3.63) is 115 Å². The van der Waals surface area contributed by atoms with Gasteiger partial charge in [0.15, 0.2) is 0 Å². The topological polar surface area (TPSA) is 26.3 Å². The molecule has 0 fully saturated rings. The second kappa shape index (κ2) is 9.24. The van der Waals surface area contributed by atoms with Crippen LogP contribution in [0.5, 0.6) is 0 Å². The molecule has 0 saturated heterocycles. The summed E-state index contributed by atoms with van der Waals surface area (Å²) in [5.74, 6) is -0.394. The van der Waals surface area contributed by atoms with E-state index >= 15 is 0 Å². The molecule has 0 aliphatic carbocycles. The number of benzene rings is 3. The van der Waals surface area contributed by atoms with Gasteiger partial charge in [-0.25, -0.2) is 4.79 Å². The van der Waals surface area contributed by atoms with E-state index in [9.17, 15) is 4.79 Å². The minimum absolute atomic E-state index is 0.314. The predicted molar refractivity (Wildman–Crippen MR) is 112 cm³/mol. The van der Waals surface area contributed by atoms with Crippen LogP contribution in [0.4, 0.5) is 0 Å². The predicted octanol–water partition coefficient (Wildman–Crippen LogP) is 5.84. The summed E-state index contributed by atoms with van der Waals surface area (Å²) in [6, 6.07) is 31.1. The van der Waals surface area contributed by atoms with Crippen LogP contribution in [0.1, 0.15) is 17.5 Å². The van der Waals surface area contributed by atoms with Crippen LogP contribution in [0.2, 0.25) is 0 Å². The standard InChI is InChI=1S/C24H22O2S/c1-2-23(25)26-19-18-24(20-12-6-3-7-13-20,21-14-8-4-9-15-21)27-22-16-10-5-11-17-22/h2-17H,1,18-19H2. The molecule has 0 amide bonds. The maximum absolute atomic E-state index is 11.6. The molecule has 0 saturated carbocycles. The number of ether oxygens (including phenoxy) is 1. The quantitative estimate of drug-likeness (QED) is 0.281. The van der Waals surface area contributed by atoms with E-state index in [-0.39, 0.29) is 4.75 Å². The van der Waals surface area contributed by atoms with E-state index in [2.05, 4.69) is 43.0 Å². The van der Waals surface area contributed by atoms with Crippen LogP contribution in [0, 0.1) is 0 Å². The maximum atomic E-state index is 11.6. The first kappa shape index (κ1) is 19.0. The van der Waals surface area contributed by atoms with E-state index in [4.69, 9.17) is 4.74 Å². The lowest BCUT2D eigenvalue weighted by Crippen LogP contribution is -2.26. The molecule has 0 radical (unpaired) electrons. The second-order valence-corrected chi connectivity index (χ2v) is 7.47. The van der Waals surface area contributed by atoms with Crippen molar-refractivity contribution in [2.45, 2.75) is 16.1 Å². The number of rotatable bonds is 8. The Bertz CT molecular complexity index is 821. The summed E-state index contributed by atoms with van der Waals surface area (Å²) in [6.07, 6.45) is 1.86. The number of esters is 1. The monoisotopic (exact) mass is 374 g/mol. The summed E-state index contributed by atoms with van der Waals surface area (Å²) in [4.78, 5) is 12.7. The zero-order valence-electron chi connectivity index (χ0n) is 15.1. The van der Waals surface area contributed by atoms with Crippen molar-refractivity contribution in [2.24, 2.45) is 0 Å². The molecule has 3 heteroatoms. The fourth-order valence-corrected chi connectivity index (χ4v) is 4.47. The Morgan fingerprint density at radius 1 is 0.852 bits per heavy atom. The molecule has 0 atom stereocenters. The van der Waals surface area contributed by atoms with E-state index < -0.39 is 5.97 Å². The van der Waals surface area contributed by atoms with Crippen molar-refractivity contribution < 1.29 is 9.53 Å². The van der Waals surface area contributed by atoms with Gasteiger partial charge in [0.2, 0.25) is 0 Å². The lowest BCUT2D eigenvalue weighted by atomic mass is 9.87. The summed E-state index contributed by atoms with van der Waals surface area (Å²) in [5, 5.41) is 0. The highest BCUT2D eigenvalue weighted by molar-refractivity contribution is 8.00. The minimum Gasteiger partial charge on any atom is -0.462 e. The smallest absolute Gasteiger partial charge is 0.330 e. The van der Waals surface area contributed by atoms with Gasteiger partial charge < -0.3 is 4.74 Å². The van der Waals surface area contributed by atoms with Gasteiger partial charge in [-0.1, -0.05) is 85.4 Å². The van der Waals surface area contributed by atoms with Gasteiger partial charge in [-0.15, -0.1) is 11.8 Å². The van der Waals surface area contributed by atoms with E-state index in [0.29, 0.717) is 13.0 Å². The van der Waals surface area contributed by atoms with Crippen molar-refractivity contribution >= 4 is 17.7 Å². The van der Waals surface area contributed by atoms with Crippen LogP contribution in [-0.2, 0) is 14.3 Å². The summed E-state index contributed by atoms with van der Waals surface area (Å²) in [6.45, 7) is 3.79. The third kappa shape index (κ3) is 4.69. The van der Waals surface area contributed by atoms with Gasteiger partial charge in [0.25, 0.3) is 0 Å². The molecule has 0 unspecified atom stereocenters. The van der Waals surface area contributed by atoms with Crippen LogP contribution >= 0.6 is 11.8 Å². The largest absolute Gasteiger partial charge is 0.462 e. The van der Waals surface area contributed by atoms with Gasteiger partial charge in [0.1, 0.15) is 0 Å². The number of carbonyl (C=O) groups excluding carboxylic acids is 1. The lowest BCUT2D eigenvalue weighted by Gasteiger charge is -2.34. The van der Waals surface area contributed by atoms with Gasteiger partial charge in [-0.05, 0) is 23.3 Å². The fourth-order valence-electron chi connectivity index (χ4n) is 3.08. The van der Waals surface area contributed by atoms with Crippen molar-refractivity contribution in [3.63, 3.8) is 0 Å². The normalized spacial score (nSPS) is 11.0. The van der Waals surface area contributed by atoms with E-state index in [1.54, 1.807) is 11.8 Å². The van der Waals surface area contributed by atoms with Crippen LogP contribution in [0.25, 0.3) is 0 Å². The molecule has 3 aromatic rings. The summed E-state index contributed by atoms with van der Waals surface area (Å²) in [7, 11) is 0. The number of hydrogen-bond acceptors (Lipinski definition) is 3. The Labute approximate surface area is 164 Å². The van der Waals surface area contributed by atoms with Crippen LogP contribution in [-0.4, -0.2) is 12.6 Å². The van der Waals surface area contributed by atoms with Gasteiger partial charge in [0.05, 0.1) is 11.4 Å². The first-order valence-electron chi connectivity index (χ1n) is 8.89. The average molecular weight is 375 g/mol.